The van der Waals surface area contributed by atoms with Gasteiger partial charge in [0.05, 0.1) is 6.10 Å². The van der Waals surface area contributed by atoms with Gasteiger partial charge in [0, 0.05) is 0 Å². The first-order valence-corrected chi connectivity index (χ1v) is 13.4. The highest BCUT2D eigenvalue weighted by molar-refractivity contribution is 5.39. The molecule has 0 heterocycles. The molecule has 0 radical (unpaired) electrons. The summed E-state index contributed by atoms with van der Waals surface area (Å²) in [6, 6.07) is 0. The first-order valence-electron chi connectivity index (χ1n) is 13.4. The van der Waals surface area contributed by atoms with E-state index in [4.69, 9.17) is 0 Å². The number of aliphatic hydroxyl groups excluding tert-OH is 1. The third-order valence-corrected chi connectivity index (χ3v) is 10.7. The van der Waals surface area contributed by atoms with Gasteiger partial charge in [-0.2, -0.15) is 0 Å². The van der Waals surface area contributed by atoms with Gasteiger partial charge in [-0.3, -0.25) is 0 Å². The van der Waals surface area contributed by atoms with E-state index in [1.165, 1.54) is 31.3 Å². The van der Waals surface area contributed by atoms with Crippen LogP contribution in [0.1, 0.15) is 93.4 Å². The number of rotatable bonds is 5. The molecule has 4 rings (SSSR count). The maximum atomic E-state index is 10.3. The van der Waals surface area contributed by atoms with Gasteiger partial charge in [0.15, 0.2) is 0 Å². The Labute approximate surface area is 192 Å². The fourth-order valence-corrected chi connectivity index (χ4v) is 8.34. The SMILES string of the molecule is CCC1C[C@H]2C3=CC=C4C[C@@H](O)CC[C@]4(C)[C@H]3CC[C@]2(C)[C@H]1C(C)C=C[C@H](C)C(C)C. The zero-order valence-electron chi connectivity index (χ0n) is 21.3. The first kappa shape index (κ1) is 23.3. The van der Waals surface area contributed by atoms with Crippen molar-refractivity contribution in [1.29, 1.82) is 0 Å². The molecule has 3 fully saturated rings. The molecule has 9 atom stereocenters. The highest BCUT2D eigenvalue weighted by Gasteiger charge is 2.59. The molecule has 0 aromatic carbocycles. The fourth-order valence-electron chi connectivity index (χ4n) is 8.34. The maximum Gasteiger partial charge on any atom is 0.0578 e. The molecule has 2 unspecified atom stereocenters. The molecule has 0 aromatic rings. The van der Waals surface area contributed by atoms with Crippen LogP contribution >= 0.6 is 0 Å². The summed E-state index contributed by atoms with van der Waals surface area (Å²) < 4.78 is 0. The molecule has 0 aliphatic heterocycles. The molecular formula is C30H48O. The smallest absolute Gasteiger partial charge is 0.0578 e. The van der Waals surface area contributed by atoms with Crippen LogP contribution in [0.5, 0.6) is 0 Å². The van der Waals surface area contributed by atoms with Gasteiger partial charge in [-0.15, -0.1) is 0 Å². The van der Waals surface area contributed by atoms with Crippen LogP contribution in [0.3, 0.4) is 0 Å². The van der Waals surface area contributed by atoms with Crippen molar-refractivity contribution in [3.63, 3.8) is 0 Å². The maximum absolute atomic E-state index is 10.3. The summed E-state index contributed by atoms with van der Waals surface area (Å²) in [7, 11) is 0. The fraction of sp³-hybridized carbons (Fsp3) is 0.800. The van der Waals surface area contributed by atoms with E-state index in [2.05, 4.69) is 72.8 Å². The summed E-state index contributed by atoms with van der Waals surface area (Å²) in [6.07, 6.45) is 18.4. The Morgan fingerprint density at radius 3 is 2.45 bits per heavy atom. The van der Waals surface area contributed by atoms with Crippen LogP contribution in [0.25, 0.3) is 0 Å². The van der Waals surface area contributed by atoms with Gasteiger partial charge in [0.2, 0.25) is 0 Å². The van der Waals surface area contributed by atoms with Crippen LogP contribution in [0.2, 0.25) is 0 Å². The Hall–Kier alpha value is -0.820. The van der Waals surface area contributed by atoms with E-state index in [9.17, 15) is 5.11 Å². The monoisotopic (exact) mass is 424 g/mol. The van der Waals surface area contributed by atoms with Gasteiger partial charge in [0.1, 0.15) is 0 Å². The molecule has 4 aliphatic rings. The second kappa shape index (κ2) is 8.51. The summed E-state index contributed by atoms with van der Waals surface area (Å²) in [6.45, 7) is 17.2. The zero-order valence-corrected chi connectivity index (χ0v) is 21.3. The molecule has 0 amide bonds. The quantitative estimate of drug-likeness (QED) is 0.444. The van der Waals surface area contributed by atoms with E-state index in [-0.39, 0.29) is 6.10 Å². The molecule has 3 saturated carbocycles. The van der Waals surface area contributed by atoms with E-state index in [1.54, 1.807) is 5.57 Å². The van der Waals surface area contributed by atoms with E-state index in [1.807, 2.05) is 0 Å². The summed E-state index contributed by atoms with van der Waals surface area (Å²) in [4.78, 5) is 0. The summed E-state index contributed by atoms with van der Waals surface area (Å²) in [5.41, 5.74) is 4.04. The standard InChI is InChI=1S/C30H48O/c1-8-22-17-27-25-12-11-23-18-24(31)13-15-29(23,6)26(25)14-16-30(27,7)28(22)21(5)10-9-20(4)19(2)3/h9-12,19-22,24,26-28,31H,8,13-18H2,1-7H3/t20-,21?,22?,24-,26-,27-,28-,29-,30-/m0/s1. The molecule has 0 spiro atoms. The van der Waals surface area contributed by atoms with Crippen molar-refractivity contribution in [3.05, 3.63) is 35.5 Å². The van der Waals surface area contributed by atoms with E-state index >= 15 is 0 Å². The molecule has 1 heteroatoms. The minimum absolute atomic E-state index is 0.121. The van der Waals surface area contributed by atoms with Crippen molar-refractivity contribution in [1.82, 2.24) is 0 Å². The van der Waals surface area contributed by atoms with Gasteiger partial charge in [-0.05, 0) is 90.8 Å². The van der Waals surface area contributed by atoms with Gasteiger partial charge in [0.25, 0.3) is 0 Å². The molecule has 1 nitrogen and oxygen atoms in total. The number of hydrogen-bond acceptors (Lipinski definition) is 1. The topological polar surface area (TPSA) is 20.2 Å². The lowest BCUT2D eigenvalue weighted by atomic mass is 9.50. The Morgan fingerprint density at radius 2 is 1.77 bits per heavy atom. The van der Waals surface area contributed by atoms with Crippen LogP contribution in [-0.2, 0) is 0 Å². The zero-order chi connectivity index (χ0) is 22.6. The van der Waals surface area contributed by atoms with Crippen molar-refractivity contribution in [2.24, 2.45) is 52.3 Å². The van der Waals surface area contributed by atoms with Crippen molar-refractivity contribution in [2.75, 3.05) is 0 Å². The molecule has 174 valence electrons. The number of fused-ring (bicyclic) bond motifs is 5. The largest absolute Gasteiger partial charge is 0.393 e. The van der Waals surface area contributed by atoms with Crippen LogP contribution in [-0.4, -0.2) is 11.2 Å². The summed E-state index contributed by atoms with van der Waals surface area (Å²) >= 11 is 0. The van der Waals surface area contributed by atoms with Gasteiger partial charge in [-0.25, -0.2) is 0 Å². The number of hydrogen-bond donors (Lipinski definition) is 1. The highest BCUT2D eigenvalue weighted by atomic mass is 16.3. The molecule has 4 aliphatic carbocycles. The molecule has 0 aromatic heterocycles. The van der Waals surface area contributed by atoms with E-state index in [0.29, 0.717) is 28.6 Å². The lowest BCUT2D eigenvalue weighted by Crippen LogP contribution is -2.46. The van der Waals surface area contributed by atoms with Crippen LogP contribution < -0.4 is 0 Å². The molecular weight excluding hydrogens is 376 g/mol. The van der Waals surface area contributed by atoms with Crippen molar-refractivity contribution < 1.29 is 5.11 Å². The summed E-state index contributed by atoms with van der Waals surface area (Å²) in [5.74, 6) is 5.14. The number of aliphatic hydroxyl groups is 1. The minimum Gasteiger partial charge on any atom is -0.393 e. The Morgan fingerprint density at radius 1 is 1.03 bits per heavy atom. The van der Waals surface area contributed by atoms with Crippen molar-refractivity contribution >= 4 is 0 Å². The molecule has 31 heavy (non-hydrogen) atoms. The van der Waals surface area contributed by atoms with Crippen LogP contribution in [0, 0.1) is 52.3 Å². The van der Waals surface area contributed by atoms with Gasteiger partial charge in [-0.1, -0.05) is 90.3 Å². The van der Waals surface area contributed by atoms with E-state index < -0.39 is 0 Å². The molecule has 0 bridgehead atoms. The van der Waals surface area contributed by atoms with Crippen LogP contribution in [0.15, 0.2) is 35.5 Å². The van der Waals surface area contributed by atoms with Gasteiger partial charge >= 0.3 is 0 Å². The van der Waals surface area contributed by atoms with Crippen molar-refractivity contribution in [2.45, 2.75) is 99.5 Å². The Kier molecular flexibility index (Phi) is 6.41. The molecule has 1 N–H and O–H groups in total. The Bertz CT molecular complexity index is 756. The summed E-state index contributed by atoms with van der Waals surface area (Å²) in [5, 5.41) is 10.3. The minimum atomic E-state index is -0.121. The van der Waals surface area contributed by atoms with Gasteiger partial charge < -0.3 is 5.11 Å². The first-order chi connectivity index (χ1) is 14.6. The highest BCUT2D eigenvalue weighted by Crippen LogP contribution is 2.67. The number of allylic oxidation sites excluding steroid dienone is 5. The average Bonchev–Trinajstić information content (AvgIpc) is 3.04. The lowest BCUT2D eigenvalue weighted by molar-refractivity contribution is 0.0335. The predicted octanol–water partition coefficient (Wildman–Crippen LogP) is 7.97. The third-order valence-electron chi connectivity index (χ3n) is 10.7. The third kappa shape index (κ3) is 3.81. The lowest BCUT2D eigenvalue weighted by Gasteiger charge is -2.55. The van der Waals surface area contributed by atoms with Crippen molar-refractivity contribution in [3.8, 4) is 0 Å². The predicted molar refractivity (Wildman–Crippen MR) is 133 cm³/mol. The van der Waals surface area contributed by atoms with Crippen LogP contribution in [0.4, 0.5) is 0 Å². The normalized spacial score (nSPS) is 44.4. The Balaban J connectivity index is 1.64. The average molecular weight is 425 g/mol. The molecule has 0 saturated heterocycles. The second-order valence-corrected chi connectivity index (χ2v) is 12.6. The second-order valence-electron chi connectivity index (χ2n) is 12.6. The van der Waals surface area contributed by atoms with E-state index in [0.717, 1.165) is 42.9 Å².